The Morgan fingerprint density at radius 3 is 2.86 bits per heavy atom. The van der Waals surface area contributed by atoms with Crippen LogP contribution in [0.25, 0.3) is 0 Å². The summed E-state index contributed by atoms with van der Waals surface area (Å²) in [5.41, 5.74) is 0.330. The Kier molecular flexibility index (Phi) is 8.02. The highest BCUT2D eigenvalue weighted by atomic mass is 127. The van der Waals surface area contributed by atoms with E-state index in [-0.39, 0.29) is 30.1 Å². The molecule has 1 aromatic carbocycles. The van der Waals surface area contributed by atoms with Crippen molar-refractivity contribution < 1.29 is 13.9 Å². The summed E-state index contributed by atoms with van der Waals surface area (Å²) in [6.07, 6.45) is 0.743. The predicted molar refractivity (Wildman–Crippen MR) is 93.7 cm³/mol. The van der Waals surface area contributed by atoms with Crippen molar-refractivity contribution in [2.24, 2.45) is 4.99 Å². The van der Waals surface area contributed by atoms with E-state index in [1.807, 2.05) is 11.8 Å². The summed E-state index contributed by atoms with van der Waals surface area (Å²) in [5, 5.41) is 12.7. The number of nitrogens with zero attached hydrogens (tertiary/aromatic N) is 2. The number of halogens is 3. The lowest BCUT2D eigenvalue weighted by atomic mass is 10.1. The van der Waals surface area contributed by atoms with Crippen LogP contribution in [0.3, 0.4) is 0 Å². The fraction of sp³-hybridized carbons (Fsp3) is 0.533. The maximum atomic E-state index is 13.5. The first-order chi connectivity index (χ1) is 10.1. The van der Waals surface area contributed by atoms with Crippen molar-refractivity contribution in [2.45, 2.75) is 25.9 Å². The summed E-state index contributed by atoms with van der Waals surface area (Å²) in [4.78, 5) is 6.41. The number of benzene rings is 1. The fourth-order valence-corrected chi connectivity index (χ4v) is 2.38. The van der Waals surface area contributed by atoms with Crippen molar-refractivity contribution in [1.29, 1.82) is 0 Å². The molecule has 0 saturated carbocycles. The number of aliphatic hydroxyl groups excluding tert-OH is 1. The van der Waals surface area contributed by atoms with Crippen molar-refractivity contribution in [3.63, 3.8) is 0 Å². The van der Waals surface area contributed by atoms with Crippen molar-refractivity contribution >= 4 is 29.9 Å². The lowest BCUT2D eigenvalue weighted by Gasteiger charge is -2.20. The van der Waals surface area contributed by atoms with Gasteiger partial charge >= 0.3 is 0 Å². The third kappa shape index (κ3) is 5.35. The molecule has 1 fully saturated rings. The molecule has 0 bridgehead atoms. The van der Waals surface area contributed by atoms with Crippen LogP contribution in [0.4, 0.5) is 8.78 Å². The Bertz CT molecular complexity index is 514. The molecule has 7 heteroatoms. The number of β-amino-alcohol motifs (C(OH)–C–C–N with tert-alkyl or cyclic N) is 1. The van der Waals surface area contributed by atoms with Gasteiger partial charge in [0, 0.05) is 26.2 Å². The van der Waals surface area contributed by atoms with Gasteiger partial charge in [0.1, 0.15) is 11.6 Å². The summed E-state index contributed by atoms with van der Waals surface area (Å²) in [5.74, 6) is -0.135. The van der Waals surface area contributed by atoms with Crippen molar-refractivity contribution in [1.82, 2.24) is 10.2 Å². The van der Waals surface area contributed by atoms with Crippen molar-refractivity contribution in [3.8, 4) is 0 Å². The molecule has 0 aliphatic carbocycles. The van der Waals surface area contributed by atoms with Crippen LogP contribution in [-0.2, 0) is 6.42 Å². The van der Waals surface area contributed by atoms with E-state index in [9.17, 15) is 13.9 Å². The zero-order valence-corrected chi connectivity index (χ0v) is 14.9. The fourth-order valence-electron chi connectivity index (χ4n) is 2.38. The Labute approximate surface area is 146 Å². The number of nitrogens with one attached hydrogen (secondary N) is 1. The second-order valence-corrected chi connectivity index (χ2v) is 5.11. The molecule has 0 amide bonds. The number of likely N-dealkylation sites (tertiary alicyclic amines) is 1. The minimum Gasteiger partial charge on any atom is -0.391 e. The smallest absolute Gasteiger partial charge is 0.194 e. The van der Waals surface area contributed by atoms with Gasteiger partial charge in [-0.2, -0.15) is 0 Å². The van der Waals surface area contributed by atoms with Gasteiger partial charge in [0.25, 0.3) is 0 Å². The molecule has 1 aliphatic rings. The van der Waals surface area contributed by atoms with Gasteiger partial charge in [0.2, 0.25) is 0 Å². The van der Waals surface area contributed by atoms with Crippen LogP contribution >= 0.6 is 24.0 Å². The van der Waals surface area contributed by atoms with Crippen molar-refractivity contribution in [3.05, 3.63) is 35.4 Å². The zero-order chi connectivity index (χ0) is 15.2. The van der Waals surface area contributed by atoms with E-state index >= 15 is 0 Å². The third-order valence-electron chi connectivity index (χ3n) is 3.45. The molecule has 1 heterocycles. The Balaban J connectivity index is 0.00000242. The molecular weight excluding hydrogens is 403 g/mol. The number of guanidine groups is 1. The van der Waals surface area contributed by atoms with Gasteiger partial charge in [0.05, 0.1) is 6.10 Å². The van der Waals surface area contributed by atoms with E-state index in [0.717, 1.165) is 31.6 Å². The van der Waals surface area contributed by atoms with Gasteiger partial charge in [-0.3, -0.25) is 4.99 Å². The molecule has 0 aromatic heterocycles. The van der Waals surface area contributed by atoms with Gasteiger partial charge < -0.3 is 15.3 Å². The van der Waals surface area contributed by atoms with Crippen LogP contribution in [0.5, 0.6) is 0 Å². The van der Waals surface area contributed by atoms with E-state index in [4.69, 9.17) is 0 Å². The van der Waals surface area contributed by atoms with Crippen molar-refractivity contribution in [2.75, 3.05) is 26.2 Å². The molecular formula is C15H22F2IN3O. The number of rotatable bonds is 4. The minimum atomic E-state index is -0.440. The SMILES string of the molecule is CCNC(=NCCc1cc(F)ccc1F)N1CC[C@@H](O)C1.I. The van der Waals surface area contributed by atoms with Gasteiger partial charge in [-0.15, -0.1) is 24.0 Å². The van der Waals surface area contributed by atoms with Crippen LogP contribution in [0.15, 0.2) is 23.2 Å². The second-order valence-electron chi connectivity index (χ2n) is 5.11. The van der Waals surface area contributed by atoms with Gasteiger partial charge in [-0.1, -0.05) is 0 Å². The highest BCUT2D eigenvalue weighted by Crippen LogP contribution is 2.11. The Hall–Kier alpha value is -0.960. The third-order valence-corrected chi connectivity index (χ3v) is 3.45. The van der Waals surface area contributed by atoms with Gasteiger partial charge in [0.15, 0.2) is 5.96 Å². The predicted octanol–water partition coefficient (Wildman–Crippen LogP) is 2.16. The topological polar surface area (TPSA) is 47.9 Å². The molecule has 22 heavy (non-hydrogen) atoms. The van der Waals surface area contributed by atoms with Gasteiger partial charge in [-0.25, -0.2) is 8.78 Å². The summed E-state index contributed by atoms with van der Waals surface area (Å²) >= 11 is 0. The molecule has 0 unspecified atom stereocenters. The maximum absolute atomic E-state index is 13.5. The standard InChI is InChI=1S/C15H21F2N3O.HI/c1-2-18-15(20-8-6-13(21)10-20)19-7-5-11-9-12(16)3-4-14(11)17;/h3-4,9,13,21H,2,5-8,10H2,1H3,(H,18,19);1H/t13-;/m1./s1. The molecule has 2 N–H and O–H groups in total. The summed E-state index contributed by atoms with van der Waals surface area (Å²) in [7, 11) is 0. The van der Waals surface area contributed by atoms with Crippen LogP contribution in [-0.4, -0.2) is 48.2 Å². The summed E-state index contributed by atoms with van der Waals surface area (Å²) < 4.78 is 26.6. The van der Waals surface area contributed by atoms with Crippen LogP contribution in [0, 0.1) is 11.6 Å². The Morgan fingerprint density at radius 2 is 2.23 bits per heavy atom. The first-order valence-electron chi connectivity index (χ1n) is 7.25. The highest BCUT2D eigenvalue weighted by Gasteiger charge is 2.22. The summed E-state index contributed by atoms with van der Waals surface area (Å²) in [6.45, 7) is 4.37. The lowest BCUT2D eigenvalue weighted by molar-refractivity contribution is 0.188. The van der Waals surface area contributed by atoms with Crippen LogP contribution < -0.4 is 5.32 Å². The van der Waals surface area contributed by atoms with E-state index in [2.05, 4.69) is 10.3 Å². The lowest BCUT2D eigenvalue weighted by Crippen LogP contribution is -2.40. The van der Waals surface area contributed by atoms with E-state index in [1.165, 1.54) is 6.07 Å². The number of aliphatic imine (C=N–C) groups is 1. The number of aliphatic hydroxyl groups is 1. The largest absolute Gasteiger partial charge is 0.391 e. The normalized spacial score (nSPS) is 18.3. The van der Waals surface area contributed by atoms with E-state index in [0.29, 0.717) is 31.0 Å². The Morgan fingerprint density at radius 1 is 1.45 bits per heavy atom. The first kappa shape index (κ1) is 19.1. The minimum absolute atomic E-state index is 0. The number of hydrogen-bond acceptors (Lipinski definition) is 2. The van der Waals surface area contributed by atoms with E-state index in [1.54, 1.807) is 0 Å². The second kappa shape index (κ2) is 9.24. The van der Waals surface area contributed by atoms with Gasteiger partial charge in [-0.05, 0) is 43.5 Å². The molecule has 124 valence electrons. The molecule has 1 aliphatic heterocycles. The molecule has 1 saturated heterocycles. The first-order valence-corrected chi connectivity index (χ1v) is 7.25. The molecule has 1 aromatic rings. The quantitative estimate of drug-likeness (QED) is 0.442. The average molecular weight is 425 g/mol. The number of hydrogen-bond donors (Lipinski definition) is 2. The maximum Gasteiger partial charge on any atom is 0.194 e. The van der Waals surface area contributed by atoms with Crippen LogP contribution in [0.2, 0.25) is 0 Å². The zero-order valence-electron chi connectivity index (χ0n) is 12.6. The molecule has 4 nitrogen and oxygen atoms in total. The monoisotopic (exact) mass is 425 g/mol. The molecule has 1 atom stereocenters. The molecule has 2 rings (SSSR count). The molecule has 0 radical (unpaired) electrons. The van der Waals surface area contributed by atoms with Crippen LogP contribution in [0.1, 0.15) is 18.9 Å². The highest BCUT2D eigenvalue weighted by molar-refractivity contribution is 14.0. The van der Waals surface area contributed by atoms with E-state index < -0.39 is 11.6 Å². The summed E-state index contributed by atoms with van der Waals surface area (Å²) in [6, 6.07) is 3.45. The molecule has 0 spiro atoms. The average Bonchev–Trinajstić information content (AvgIpc) is 2.88.